The van der Waals surface area contributed by atoms with Crippen LogP contribution < -0.4 is 16.4 Å². The molecule has 1 aliphatic carbocycles. The van der Waals surface area contributed by atoms with Gasteiger partial charge in [-0.1, -0.05) is 24.3 Å². The van der Waals surface area contributed by atoms with E-state index < -0.39 is 0 Å². The molecular weight excluding hydrogens is 453 g/mol. The number of likely N-dealkylation sites (tertiary alicyclic amines) is 1. The van der Waals surface area contributed by atoms with Crippen LogP contribution >= 0.6 is 24.0 Å². The number of rotatable bonds is 6. The number of hydrogen-bond acceptors (Lipinski definition) is 3. The standard InChI is InChI=1S/C20H31N5O.HI/c1-3-22-20(23-15-8-10-25(11-9-15)13-19(21)26)24-18-12-17(18)16-7-5-4-6-14(16)2;/h4-7,15,17-18H,3,8-13H2,1-2H3,(H2,21,26)(H2,22,23,24);1H. The first kappa shape index (κ1) is 21.9. The van der Waals surface area contributed by atoms with Gasteiger partial charge >= 0.3 is 0 Å². The lowest BCUT2D eigenvalue weighted by molar-refractivity contribution is -0.119. The normalized spacial score (nSPS) is 23.4. The Hall–Kier alpha value is -1.35. The van der Waals surface area contributed by atoms with Crippen LogP contribution in [0.3, 0.4) is 0 Å². The molecule has 1 saturated heterocycles. The molecule has 2 fully saturated rings. The van der Waals surface area contributed by atoms with Crippen LogP contribution in [0.5, 0.6) is 0 Å². The fraction of sp³-hybridized carbons (Fsp3) is 0.600. The van der Waals surface area contributed by atoms with Crippen LogP contribution in [0.1, 0.15) is 43.2 Å². The average molecular weight is 485 g/mol. The van der Waals surface area contributed by atoms with E-state index in [1.807, 2.05) is 0 Å². The number of benzene rings is 1. The molecule has 0 aromatic heterocycles. The number of nitrogens with two attached hydrogens (primary N) is 1. The zero-order chi connectivity index (χ0) is 18.5. The van der Waals surface area contributed by atoms with Gasteiger partial charge in [0.2, 0.25) is 5.91 Å². The van der Waals surface area contributed by atoms with Crippen LogP contribution in [-0.2, 0) is 4.79 Å². The van der Waals surface area contributed by atoms with E-state index in [2.05, 4.69) is 58.6 Å². The summed E-state index contributed by atoms with van der Waals surface area (Å²) in [5.74, 6) is 1.25. The summed E-state index contributed by atoms with van der Waals surface area (Å²) in [5.41, 5.74) is 8.10. The number of piperidine rings is 1. The zero-order valence-corrected chi connectivity index (χ0v) is 18.6. The van der Waals surface area contributed by atoms with Gasteiger partial charge in [-0.3, -0.25) is 14.7 Å². The summed E-state index contributed by atoms with van der Waals surface area (Å²) in [5, 5.41) is 7.19. The number of hydrogen-bond donors (Lipinski definition) is 3. The third-order valence-corrected chi connectivity index (χ3v) is 5.32. The van der Waals surface area contributed by atoms with Gasteiger partial charge in [0.05, 0.1) is 6.54 Å². The van der Waals surface area contributed by atoms with Crippen molar-refractivity contribution < 1.29 is 4.79 Å². The Morgan fingerprint density at radius 1 is 1.26 bits per heavy atom. The van der Waals surface area contributed by atoms with Crippen LogP contribution in [-0.4, -0.2) is 55.0 Å². The SMILES string of the molecule is CCN=C(NC1CCN(CC(N)=O)CC1)NC1CC1c1ccccc1C.I. The second-order valence-corrected chi connectivity index (χ2v) is 7.43. The molecule has 2 aliphatic rings. The number of amides is 1. The summed E-state index contributed by atoms with van der Waals surface area (Å²) in [7, 11) is 0. The van der Waals surface area contributed by atoms with Crippen LogP contribution in [0, 0.1) is 6.92 Å². The lowest BCUT2D eigenvalue weighted by Crippen LogP contribution is -2.50. The highest BCUT2D eigenvalue weighted by atomic mass is 127. The summed E-state index contributed by atoms with van der Waals surface area (Å²) in [4.78, 5) is 17.8. The molecule has 2 unspecified atom stereocenters. The number of carbonyl (C=O) groups excluding carboxylic acids is 1. The van der Waals surface area contributed by atoms with Gasteiger partial charge in [0.15, 0.2) is 5.96 Å². The fourth-order valence-corrected chi connectivity index (χ4v) is 3.82. The number of aryl methyl sites for hydroxylation is 1. The fourth-order valence-electron chi connectivity index (χ4n) is 3.82. The maximum absolute atomic E-state index is 11.0. The highest BCUT2D eigenvalue weighted by Gasteiger charge is 2.40. The van der Waals surface area contributed by atoms with Gasteiger partial charge in [-0.25, -0.2) is 0 Å². The molecule has 1 heterocycles. The number of aliphatic imine (C=N–C) groups is 1. The molecule has 2 atom stereocenters. The van der Waals surface area contributed by atoms with Crippen LogP contribution in [0.2, 0.25) is 0 Å². The molecule has 1 aromatic carbocycles. The second kappa shape index (κ2) is 10.3. The van der Waals surface area contributed by atoms with Gasteiger partial charge in [0, 0.05) is 37.6 Å². The van der Waals surface area contributed by atoms with Crippen molar-refractivity contribution in [1.29, 1.82) is 0 Å². The summed E-state index contributed by atoms with van der Waals surface area (Å²) < 4.78 is 0. The van der Waals surface area contributed by atoms with E-state index in [9.17, 15) is 4.79 Å². The van der Waals surface area contributed by atoms with Gasteiger partial charge in [-0.2, -0.15) is 0 Å². The molecule has 0 bridgehead atoms. The molecule has 150 valence electrons. The molecule has 6 nitrogen and oxygen atoms in total. The minimum Gasteiger partial charge on any atom is -0.369 e. The van der Waals surface area contributed by atoms with Crippen LogP contribution in [0.25, 0.3) is 0 Å². The van der Waals surface area contributed by atoms with Crippen molar-refractivity contribution in [2.45, 2.75) is 51.1 Å². The summed E-state index contributed by atoms with van der Waals surface area (Å²) in [6.07, 6.45) is 3.17. The number of primary amides is 1. The minimum absolute atomic E-state index is 0. The largest absolute Gasteiger partial charge is 0.369 e. The van der Waals surface area contributed by atoms with Gasteiger partial charge in [-0.05, 0) is 44.2 Å². The predicted octanol–water partition coefficient (Wildman–Crippen LogP) is 1.97. The first-order valence-electron chi connectivity index (χ1n) is 9.70. The molecule has 3 rings (SSSR count). The summed E-state index contributed by atoms with van der Waals surface area (Å²) in [6, 6.07) is 9.50. The maximum Gasteiger partial charge on any atom is 0.231 e. The lowest BCUT2D eigenvalue weighted by Gasteiger charge is -2.32. The van der Waals surface area contributed by atoms with Crippen molar-refractivity contribution in [3.8, 4) is 0 Å². The maximum atomic E-state index is 11.0. The molecule has 7 heteroatoms. The molecular formula is C20H32IN5O. The van der Waals surface area contributed by atoms with E-state index >= 15 is 0 Å². The first-order valence-corrected chi connectivity index (χ1v) is 9.70. The third-order valence-electron chi connectivity index (χ3n) is 5.32. The van der Waals surface area contributed by atoms with Crippen LogP contribution in [0.4, 0.5) is 0 Å². The third kappa shape index (κ3) is 6.34. The van der Waals surface area contributed by atoms with Gasteiger partial charge in [-0.15, -0.1) is 24.0 Å². The highest BCUT2D eigenvalue weighted by molar-refractivity contribution is 14.0. The highest BCUT2D eigenvalue weighted by Crippen LogP contribution is 2.42. The molecule has 0 spiro atoms. The molecule has 1 aliphatic heterocycles. The Labute approximate surface area is 179 Å². The van der Waals surface area contributed by atoms with E-state index in [0.29, 0.717) is 24.5 Å². The van der Waals surface area contributed by atoms with Crippen molar-refractivity contribution in [2.24, 2.45) is 10.7 Å². The van der Waals surface area contributed by atoms with Crippen LogP contribution in [0.15, 0.2) is 29.3 Å². The molecule has 1 amide bonds. The molecule has 1 saturated carbocycles. The minimum atomic E-state index is -0.248. The zero-order valence-electron chi connectivity index (χ0n) is 16.3. The van der Waals surface area contributed by atoms with Crippen molar-refractivity contribution in [1.82, 2.24) is 15.5 Å². The number of carbonyl (C=O) groups is 1. The second-order valence-electron chi connectivity index (χ2n) is 7.43. The monoisotopic (exact) mass is 485 g/mol. The molecule has 1 aromatic rings. The van der Waals surface area contributed by atoms with E-state index in [1.54, 1.807) is 0 Å². The Kier molecular flexibility index (Phi) is 8.34. The van der Waals surface area contributed by atoms with Gasteiger partial charge in [0.1, 0.15) is 0 Å². The van der Waals surface area contributed by atoms with E-state index in [0.717, 1.165) is 44.9 Å². The Bertz CT molecular complexity index is 658. The van der Waals surface area contributed by atoms with E-state index in [1.165, 1.54) is 11.1 Å². The quantitative estimate of drug-likeness (QED) is 0.327. The van der Waals surface area contributed by atoms with Crippen molar-refractivity contribution in [2.75, 3.05) is 26.2 Å². The molecule has 27 heavy (non-hydrogen) atoms. The summed E-state index contributed by atoms with van der Waals surface area (Å²) in [6.45, 7) is 7.16. The Balaban J connectivity index is 0.00000261. The number of nitrogens with one attached hydrogen (secondary N) is 2. The number of guanidine groups is 1. The Morgan fingerprint density at radius 2 is 1.96 bits per heavy atom. The summed E-state index contributed by atoms with van der Waals surface area (Å²) >= 11 is 0. The van der Waals surface area contributed by atoms with E-state index in [4.69, 9.17) is 5.73 Å². The van der Waals surface area contributed by atoms with Crippen molar-refractivity contribution in [3.05, 3.63) is 35.4 Å². The lowest BCUT2D eigenvalue weighted by atomic mass is 10.0. The van der Waals surface area contributed by atoms with Crippen molar-refractivity contribution in [3.63, 3.8) is 0 Å². The molecule has 0 radical (unpaired) electrons. The number of nitrogens with zero attached hydrogens (tertiary/aromatic N) is 2. The predicted molar refractivity (Wildman–Crippen MR) is 121 cm³/mol. The number of halogens is 1. The Morgan fingerprint density at radius 3 is 2.59 bits per heavy atom. The van der Waals surface area contributed by atoms with E-state index in [-0.39, 0.29) is 29.9 Å². The first-order chi connectivity index (χ1) is 12.6. The van der Waals surface area contributed by atoms with Gasteiger partial charge < -0.3 is 16.4 Å². The molecule has 4 N–H and O–H groups in total. The van der Waals surface area contributed by atoms with Gasteiger partial charge in [0.25, 0.3) is 0 Å². The average Bonchev–Trinajstić information content (AvgIpc) is 3.35. The van der Waals surface area contributed by atoms with Crippen molar-refractivity contribution >= 4 is 35.8 Å². The smallest absolute Gasteiger partial charge is 0.231 e. The topological polar surface area (TPSA) is 82.8 Å².